The number of pyridine rings is 2. The number of benzene rings is 1. The third-order valence-corrected chi connectivity index (χ3v) is 6.45. The SMILES string of the molecule is Cc1c(C2(C(=O)NC3CCc4cc(C#N)cnc43)CC2)c(=O)[nH]c2ccc(F)c(F)c12. The summed E-state index contributed by atoms with van der Waals surface area (Å²) in [6.45, 7) is 1.55. The lowest BCUT2D eigenvalue weighted by Crippen LogP contribution is -2.40. The number of amides is 1. The number of hydrogen-bond acceptors (Lipinski definition) is 4. The molecule has 8 heteroatoms. The van der Waals surface area contributed by atoms with Crippen LogP contribution in [0.15, 0.2) is 29.2 Å². The van der Waals surface area contributed by atoms with Crippen molar-refractivity contribution in [3.05, 3.63) is 74.3 Å². The molecule has 2 heterocycles. The molecule has 1 amide bonds. The molecular weight excluding hydrogens is 402 g/mol. The van der Waals surface area contributed by atoms with Gasteiger partial charge in [0.15, 0.2) is 11.6 Å². The lowest BCUT2D eigenvalue weighted by molar-refractivity contribution is -0.124. The van der Waals surface area contributed by atoms with Gasteiger partial charge in [0.2, 0.25) is 5.91 Å². The van der Waals surface area contributed by atoms with Gasteiger partial charge in [-0.3, -0.25) is 14.6 Å². The summed E-state index contributed by atoms with van der Waals surface area (Å²) in [5.41, 5.74) is 1.25. The summed E-state index contributed by atoms with van der Waals surface area (Å²) in [4.78, 5) is 33.1. The molecule has 0 spiro atoms. The van der Waals surface area contributed by atoms with Crippen LogP contribution < -0.4 is 10.9 Å². The summed E-state index contributed by atoms with van der Waals surface area (Å²) in [6.07, 6.45) is 3.71. The molecule has 6 nitrogen and oxygen atoms in total. The standard InChI is InChI=1S/C23H18F2N4O2/c1-11-17-15(5-3-14(24)19(17)25)28-21(30)18(11)23(6-7-23)22(31)29-16-4-2-13-8-12(9-26)10-27-20(13)16/h3,5,8,10,16H,2,4,6-7H2,1H3,(H,28,30)(H,29,31). The molecule has 0 radical (unpaired) electrons. The van der Waals surface area contributed by atoms with Gasteiger partial charge in [-0.05, 0) is 61.9 Å². The summed E-state index contributed by atoms with van der Waals surface area (Å²) in [5.74, 6) is -2.36. The molecule has 1 saturated carbocycles. The fourth-order valence-corrected chi connectivity index (χ4v) is 4.76. The molecule has 3 aromatic rings. The second-order valence-electron chi connectivity index (χ2n) is 8.27. The first-order valence-electron chi connectivity index (χ1n) is 10.1. The number of aryl methyl sites for hydroxylation is 2. The number of fused-ring (bicyclic) bond motifs is 2. The number of carbonyl (C=O) groups is 1. The quantitative estimate of drug-likeness (QED) is 0.680. The fourth-order valence-electron chi connectivity index (χ4n) is 4.76. The maximum absolute atomic E-state index is 14.5. The zero-order valence-electron chi connectivity index (χ0n) is 16.7. The molecule has 0 aliphatic heterocycles. The van der Waals surface area contributed by atoms with Crippen molar-refractivity contribution in [3.63, 3.8) is 0 Å². The van der Waals surface area contributed by atoms with Gasteiger partial charge in [0.25, 0.3) is 5.56 Å². The highest BCUT2D eigenvalue weighted by atomic mass is 19.2. The van der Waals surface area contributed by atoms with Crippen LogP contribution in [0.2, 0.25) is 0 Å². The largest absolute Gasteiger partial charge is 0.347 e. The van der Waals surface area contributed by atoms with Crippen molar-refractivity contribution in [2.75, 3.05) is 0 Å². The minimum atomic E-state index is -1.07. The molecule has 0 bridgehead atoms. The highest BCUT2D eigenvalue weighted by Crippen LogP contribution is 2.49. The maximum Gasteiger partial charge on any atom is 0.252 e. The Morgan fingerprint density at radius 2 is 2.13 bits per heavy atom. The Morgan fingerprint density at radius 3 is 2.84 bits per heavy atom. The first-order valence-corrected chi connectivity index (χ1v) is 10.1. The van der Waals surface area contributed by atoms with E-state index >= 15 is 0 Å². The van der Waals surface area contributed by atoms with Crippen LogP contribution in [0.3, 0.4) is 0 Å². The minimum absolute atomic E-state index is 0.00872. The zero-order valence-corrected chi connectivity index (χ0v) is 16.7. The zero-order chi connectivity index (χ0) is 21.9. The van der Waals surface area contributed by atoms with Crippen molar-refractivity contribution in [2.24, 2.45) is 0 Å². The number of hydrogen-bond donors (Lipinski definition) is 2. The molecule has 5 rings (SSSR count). The molecule has 31 heavy (non-hydrogen) atoms. The van der Waals surface area contributed by atoms with Crippen LogP contribution in [0.25, 0.3) is 10.9 Å². The summed E-state index contributed by atoms with van der Waals surface area (Å²) >= 11 is 0. The Bertz CT molecular complexity index is 1370. The third-order valence-electron chi connectivity index (χ3n) is 6.45. The Balaban J connectivity index is 1.52. The monoisotopic (exact) mass is 420 g/mol. The van der Waals surface area contributed by atoms with E-state index in [1.807, 2.05) is 0 Å². The average Bonchev–Trinajstić information content (AvgIpc) is 3.45. The van der Waals surface area contributed by atoms with E-state index in [1.54, 1.807) is 13.0 Å². The van der Waals surface area contributed by atoms with Gasteiger partial charge in [-0.1, -0.05) is 0 Å². The second-order valence-corrected chi connectivity index (χ2v) is 8.27. The van der Waals surface area contributed by atoms with E-state index in [9.17, 15) is 18.4 Å². The third kappa shape index (κ3) is 2.84. The van der Waals surface area contributed by atoms with Gasteiger partial charge in [-0.2, -0.15) is 5.26 Å². The molecule has 2 N–H and O–H groups in total. The Kier molecular flexibility index (Phi) is 4.19. The van der Waals surface area contributed by atoms with Crippen molar-refractivity contribution >= 4 is 16.8 Å². The number of aromatic amines is 1. The van der Waals surface area contributed by atoms with Crippen molar-refractivity contribution in [1.82, 2.24) is 15.3 Å². The Labute approximate surface area is 175 Å². The van der Waals surface area contributed by atoms with E-state index in [4.69, 9.17) is 5.26 Å². The molecule has 1 unspecified atom stereocenters. The average molecular weight is 420 g/mol. The molecule has 2 aliphatic carbocycles. The van der Waals surface area contributed by atoms with Gasteiger partial charge in [0, 0.05) is 17.1 Å². The number of rotatable bonds is 3. The Morgan fingerprint density at radius 1 is 1.35 bits per heavy atom. The van der Waals surface area contributed by atoms with Crippen molar-refractivity contribution in [3.8, 4) is 6.07 Å². The van der Waals surface area contributed by atoms with Crippen LogP contribution in [0.5, 0.6) is 0 Å². The lowest BCUT2D eigenvalue weighted by atomic mass is 9.89. The summed E-state index contributed by atoms with van der Waals surface area (Å²) in [5, 5.41) is 12.0. The van der Waals surface area contributed by atoms with Gasteiger partial charge >= 0.3 is 0 Å². The number of carbonyl (C=O) groups excluding carboxylic acids is 1. The minimum Gasteiger partial charge on any atom is -0.347 e. The van der Waals surface area contributed by atoms with Gasteiger partial charge in [-0.25, -0.2) is 8.78 Å². The number of nitrogens with one attached hydrogen (secondary N) is 2. The molecule has 1 aromatic carbocycles. The van der Waals surface area contributed by atoms with Crippen molar-refractivity contribution in [1.29, 1.82) is 5.26 Å². The van der Waals surface area contributed by atoms with E-state index in [0.717, 1.165) is 17.3 Å². The van der Waals surface area contributed by atoms with Crippen LogP contribution in [0, 0.1) is 29.9 Å². The summed E-state index contributed by atoms with van der Waals surface area (Å²) < 4.78 is 28.3. The Hall–Kier alpha value is -3.60. The molecule has 1 atom stereocenters. The second kappa shape index (κ2) is 6.71. The molecule has 1 fully saturated rings. The first kappa shape index (κ1) is 19.4. The van der Waals surface area contributed by atoms with Gasteiger partial charge in [-0.15, -0.1) is 0 Å². The smallest absolute Gasteiger partial charge is 0.252 e. The van der Waals surface area contributed by atoms with E-state index in [0.29, 0.717) is 31.2 Å². The number of nitriles is 1. The van der Waals surface area contributed by atoms with Gasteiger partial charge in [0.1, 0.15) is 6.07 Å². The predicted molar refractivity (Wildman–Crippen MR) is 108 cm³/mol. The van der Waals surface area contributed by atoms with E-state index in [1.165, 1.54) is 12.3 Å². The number of halogens is 2. The molecule has 156 valence electrons. The van der Waals surface area contributed by atoms with E-state index in [-0.39, 0.29) is 34.0 Å². The lowest BCUT2D eigenvalue weighted by Gasteiger charge is -2.21. The highest BCUT2D eigenvalue weighted by Gasteiger charge is 2.54. The molecule has 2 aliphatic rings. The van der Waals surface area contributed by atoms with Crippen LogP contribution in [0.1, 0.15) is 53.3 Å². The van der Waals surface area contributed by atoms with Gasteiger partial charge < -0.3 is 10.3 Å². The summed E-state index contributed by atoms with van der Waals surface area (Å²) in [7, 11) is 0. The van der Waals surface area contributed by atoms with E-state index in [2.05, 4.69) is 21.4 Å². The number of H-pyrrole nitrogens is 1. The van der Waals surface area contributed by atoms with Crippen LogP contribution >= 0.6 is 0 Å². The maximum atomic E-state index is 14.5. The fraction of sp³-hybridized carbons (Fsp3) is 0.304. The van der Waals surface area contributed by atoms with Crippen molar-refractivity contribution < 1.29 is 13.6 Å². The van der Waals surface area contributed by atoms with Crippen LogP contribution in [-0.2, 0) is 16.6 Å². The molecular formula is C23H18F2N4O2. The topological polar surface area (TPSA) is 98.6 Å². The number of nitrogens with zero attached hydrogens (tertiary/aromatic N) is 2. The highest BCUT2D eigenvalue weighted by molar-refractivity contribution is 5.94. The predicted octanol–water partition coefficient (Wildman–Crippen LogP) is 3.22. The number of aromatic nitrogens is 2. The first-order chi connectivity index (χ1) is 14.9. The van der Waals surface area contributed by atoms with Crippen LogP contribution in [-0.4, -0.2) is 15.9 Å². The van der Waals surface area contributed by atoms with E-state index < -0.39 is 22.6 Å². The summed E-state index contributed by atoms with van der Waals surface area (Å²) in [6, 6.07) is 5.80. The molecule has 0 saturated heterocycles. The van der Waals surface area contributed by atoms with Gasteiger partial charge in [0.05, 0.1) is 28.2 Å². The normalized spacial score (nSPS) is 18.5. The van der Waals surface area contributed by atoms with Crippen LogP contribution in [0.4, 0.5) is 8.78 Å². The van der Waals surface area contributed by atoms with Crippen molar-refractivity contribution in [2.45, 2.75) is 44.1 Å². The molecule has 2 aromatic heterocycles.